The minimum Gasteiger partial charge on any atom is -0.444 e. The lowest BCUT2D eigenvalue weighted by Crippen LogP contribution is -2.47. The number of rotatable bonds is 2. The van der Waals surface area contributed by atoms with E-state index in [9.17, 15) is 18.0 Å². The van der Waals surface area contributed by atoms with E-state index in [-0.39, 0.29) is 31.0 Å². The maximum atomic E-state index is 11.9. The third-order valence-electron chi connectivity index (χ3n) is 2.68. The fourth-order valence-corrected chi connectivity index (χ4v) is 2.93. The molecule has 1 amide bonds. The van der Waals surface area contributed by atoms with E-state index in [1.54, 1.807) is 20.8 Å². The van der Waals surface area contributed by atoms with E-state index in [0.29, 0.717) is 0 Å². The largest absolute Gasteiger partial charge is 0.444 e. The average Bonchev–Trinajstić information content (AvgIpc) is 2.16. The maximum Gasteiger partial charge on any atom is 0.410 e. The highest BCUT2D eigenvalue weighted by Gasteiger charge is 2.33. The van der Waals surface area contributed by atoms with Crippen molar-refractivity contribution in [1.29, 1.82) is 0 Å². The summed E-state index contributed by atoms with van der Waals surface area (Å²) in [5.41, 5.74) is -0.606. The minimum absolute atomic E-state index is 0.106. The minimum atomic E-state index is -3.24. The number of ether oxygens (including phenoxy) is 1. The molecule has 1 rings (SSSR count). The second-order valence-electron chi connectivity index (χ2n) is 5.93. The Labute approximate surface area is 114 Å². The Kier molecular flexibility index (Phi) is 4.60. The molecule has 0 aliphatic carbocycles. The van der Waals surface area contributed by atoms with E-state index in [4.69, 9.17) is 4.74 Å². The Bertz CT molecular complexity index is 463. The van der Waals surface area contributed by atoms with Crippen molar-refractivity contribution in [2.45, 2.75) is 32.8 Å². The first-order chi connectivity index (χ1) is 8.48. The quantitative estimate of drug-likeness (QED) is 0.753. The molecule has 19 heavy (non-hydrogen) atoms. The first-order valence-electron chi connectivity index (χ1n) is 6.16. The van der Waals surface area contributed by atoms with Crippen LogP contribution in [0.1, 0.15) is 27.2 Å². The topological polar surface area (TPSA) is 80.8 Å². The van der Waals surface area contributed by atoms with Crippen LogP contribution in [0.2, 0.25) is 0 Å². The van der Waals surface area contributed by atoms with Crippen molar-refractivity contribution < 1.29 is 22.7 Å². The van der Waals surface area contributed by atoms with Crippen molar-refractivity contribution in [3.8, 4) is 0 Å². The van der Waals surface area contributed by atoms with Crippen molar-refractivity contribution in [2.24, 2.45) is 5.92 Å². The van der Waals surface area contributed by atoms with Gasteiger partial charge in [0.2, 0.25) is 0 Å². The summed E-state index contributed by atoms with van der Waals surface area (Å²) in [7, 11) is -3.24. The summed E-state index contributed by atoms with van der Waals surface area (Å²) in [6.45, 7) is 5.67. The molecule has 1 unspecified atom stereocenters. The van der Waals surface area contributed by atoms with Gasteiger partial charge in [0.1, 0.15) is 21.2 Å². The highest BCUT2D eigenvalue weighted by Crippen LogP contribution is 2.18. The summed E-state index contributed by atoms with van der Waals surface area (Å²) >= 11 is 0. The highest BCUT2D eigenvalue weighted by atomic mass is 32.2. The van der Waals surface area contributed by atoms with Gasteiger partial charge in [-0.05, 0) is 20.8 Å². The summed E-state index contributed by atoms with van der Waals surface area (Å²) in [6, 6.07) is 0. The van der Waals surface area contributed by atoms with Crippen LogP contribution < -0.4 is 0 Å². The Hall–Kier alpha value is -1.11. The van der Waals surface area contributed by atoms with Gasteiger partial charge in [0.15, 0.2) is 0 Å². The number of ketones is 1. The molecule has 1 fully saturated rings. The molecule has 0 bridgehead atoms. The third-order valence-corrected chi connectivity index (χ3v) is 3.69. The lowest BCUT2D eigenvalue weighted by Gasteiger charge is -2.33. The summed E-state index contributed by atoms with van der Waals surface area (Å²) in [6.07, 6.45) is 0.769. The van der Waals surface area contributed by atoms with Gasteiger partial charge in [-0.15, -0.1) is 0 Å². The van der Waals surface area contributed by atoms with Crippen LogP contribution in [0.25, 0.3) is 0 Å². The van der Waals surface area contributed by atoms with Gasteiger partial charge in [0.05, 0.1) is 5.75 Å². The summed E-state index contributed by atoms with van der Waals surface area (Å²) in [5, 5.41) is 0. The number of hydrogen-bond donors (Lipinski definition) is 0. The van der Waals surface area contributed by atoms with Gasteiger partial charge >= 0.3 is 6.09 Å². The van der Waals surface area contributed by atoms with Crippen LogP contribution in [0.4, 0.5) is 4.79 Å². The normalized spacial score (nSPS) is 21.4. The summed E-state index contributed by atoms with van der Waals surface area (Å²) in [4.78, 5) is 25.0. The SMILES string of the molecule is CC(C)(C)OC(=O)N1CCC(=O)C(CS(C)(=O)=O)C1. The van der Waals surface area contributed by atoms with Crippen LogP contribution in [0, 0.1) is 5.92 Å². The average molecular weight is 291 g/mol. The number of carbonyl (C=O) groups is 2. The molecular weight excluding hydrogens is 270 g/mol. The predicted octanol–water partition coefficient (Wildman–Crippen LogP) is 0.857. The van der Waals surface area contributed by atoms with Gasteiger partial charge in [-0.3, -0.25) is 4.79 Å². The Morgan fingerprint density at radius 3 is 2.47 bits per heavy atom. The smallest absolute Gasteiger partial charge is 0.410 e. The van der Waals surface area contributed by atoms with Crippen LogP contribution in [-0.4, -0.2) is 55.9 Å². The standard InChI is InChI=1S/C12H21NO5S/c1-12(2,3)18-11(15)13-6-5-10(14)9(7-13)8-19(4,16)17/h9H,5-8H2,1-4H3. The van der Waals surface area contributed by atoms with Crippen molar-refractivity contribution in [3.63, 3.8) is 0 Å². The second kappa shape index (κ2) is 5.48. The number of Topliss-reactive ketones (excluding diaryl/α,β-unsaturated/α-hetero) is 1. The summed E-state index contributed by atoms with van der Waals surface area (Å²) < 4.78 is 27.7. The monoisotopic (exact) mass is 291 g/mol. The van der Waals surface area contributed by atoms with Gasteiger partial charge in [-0.1, -0.05) is 0 Å². The van der Waals surface area contributed by atoms with E-state index in [2.05, 4.69) is 0 Å². The fraction of sp³-hybridized carbons (Fsp3) is 0.833. The van der Waals surface area contributed by atoms with Crippen LogP contribution >= 0.6 is 0 Å². The van der Waals surface area contributed by atoms with Crippen molar-refractivity contribution in [3.05, 3.63) is 0 Å². The van der Waals surface area contributed by atoms with Gasteiger partial charge in [-0.25, -0.2) is 13.2 Å². The van der Waals surface area contributed by atoms with E-state index < -0.39 is 27.4 Å². The van der Waals surface area contributed by atoms with Crippen LogP contribution in [0.15, 0.2) is 0 Å². The first kappa shape index (κ1) is 15.9. The molecule has 1 aliphatic rings. The Balaban J connectivity index is 2.69. The molecule has 1 saturated heterocycles. The molecule has 0 saturated carbocycles. The number of likely N-dealkylation sites (tertiary alicyclic amines) is 1. The zero-order chi connectivity index (χ0) is 14.8. The molecule has 110 valence electrons. The lowest BCUT2D eigenvalue weighted by atomic mass is 9.99. The van der Waals surface area contributed by atoms with E-state index >= 15 is 0 Å². The molecule has 0 N–H and O–H groups in total. The molecule has 1 atom stereocenters. The van der Waals surface area contributed by atoms with Crippen LogP contribution in [0.3, 0.4) is 0 Å². The van der Waals surface area contributed by atoms with Crippen molar-refractivity contribution in [2.75, 3.05) is 25.1 Å². The molecule has 0 aromatic carbocycles. The van der Waals surface area contributed by atoms with E-state index in [0.717, 1.165) is 6.26 Å². The Morgan fingerprint density at radius 1 is 1.42 bits per heavy atom. The fourth-order valence-electron chi connectivity index (χ4n) is 1.91. The van der Waals surface area contributed by atoms with Crippen molar-refractivity contribution in [1.82, 2.24) is 4.90 Å². The molecule has 0 aromatic rings. The van der Waals surface area contributed by atoms with Gasteiger partial charge < -0.3 is 9.64 Å². The predicted molar refractivity (Wildman–Crippen MR) is 70.6 cm³/mol. The number of nitrogens with zero attached hydrogens (tertiary/aromatic N) is 1. The van der Waals surface area contributed by atoms with Gasteiger partial charge in [-0.2, -0.15) is 0 Å². The highest BCUT2D eigenvalue weighted by molar-refractivity contribution is 7.90. The first-order valence-corrected chi connectivity index (χ1v) is 8.22. The molecule has 7 heteroatoms. The maximum absolute atomic E-state index is 11.9. The molecule has 0 spiro atoms. The number of piperidine rings is 1. The molecule has 1 heterocycles. The van der Waals surface area contributed by atoms with Crippen molar-refractivity contribution >= 4 is 21.7 Å². The molecule has 1 aliphatic heterocycles. The molecule has 0 radical (unpaired) electrons. The molecule has 6 nitrogen and oxygen atoms in total. The molecule has 0 aromatic heterocycles. The van der Waals surface area contributed by atoms with Crippen LogP contribution in [-0.2, 0) is 19.4 Å². The zero-order valence-electron chi connectivity index (χ0n) is 11.8. The third kappa shape index (κ3) is 5.59. The molecular formula is C12H21NO5S. The number of hydrogen-bond acceptors (Lipinski definition) is 5. The van der Waals surface area contributed by atoms with Gasteiger partial charge in [0, 0.05) is 31.7 Å². The van der Waals surface area contributed by atoms with E-state index in [1.807, 2.05) is 0 Å². The lowest BCUT2D eigenvalue weighted by molar-refractivity contribution is -0.125. The Morgan fingerprint density at radius 2 is 2.00 bits per heavy atom. The zero-order valence-corrected chi connectivity index (χ0v) is 12.6. The number of amides is 1. The van der Waals surface area contributed by atoms with E-state index in [1.165, 1.54) is 4.90 Å². The second-order valence-corrected chi connectivity index (χ2v) is 8.12. The summed E-state index contributed by atoms with van der Waals surface area (Å²) in [5.74, 6) is -0.966. The number of sulfone groups is 1. The van der Waals surface area contributed by atoms with Gasteiger partial charge in [0.25, 0.3) is 0 Å². The van der Waals surface area contributed by atoms with Crippen LogP contribution in [0.5, 0.6) is 0 Å². The number of carbonyl (C=O) groups excluding carboxylic acids is 2.